The average molecular weight is 338 g/mol. The average Bonchev–Trinajstić information content (AvgIpc) is 3.16. The van der Waals surface area contributed by atoms with E-state index in [9.17, 15) is 9.59 Å². The Kier molecular flexibility index (Phi) is 5.83. The Labute approximate surface area is 147 Å². The van der Waals surface area contributed by atoms with Crippen LogP contribution in [0, 0.1) is 11.8 Å². The van der Waals surface area contributed by atoms with Crippen LogP contribution in [0.4, 0.5) is 0 Å². The molecule has 2 aromatic rings. The fourth-order valence-corrected chi connectivity index (χ4v) is 3.10. The summed E-state index contributed by atoms with van der Waals surface area (Å²) in [4.78, 5) is 24.4. The third kappa shape index (κ3) is 4.92. The normalized spacial score (nSPS) is 19.4. The van der Waals surface area contributed by atoms with Crippen molar-refractivity contribution in [1.29, 1.82) is 0 Å². The third-order valence-corrected chi connectivity index (χ3v) is 4.55. The molecule has 1 aliphatic rings. The van der Waals surface area contributed by atoms with E-state index in [0.717, 1.165) is 11.1 Å². The van der Waals surface area contributed by atoms with Gasteiger partial charge in [0.2, 0.25) is 0 Å². The predicted molar refractivity (Wildman–Crippen MR) is 93.3 cm³/mol. The lowest BCUT2D eigenvalue weighted by Gasteiger charge is -2.12. The van der Waals surface area contributed by atoms with Crippen molar-refractivity contribution < 1.29 is 19.1 Å². The van der Waals surface area contributed by atoms with Gasteiger partial charge in [-0.2, -0.15) is 0 Å². The summed E-state index contributed by atoms with van der Waals surface area (Å²) >= 11 is 0. The monoisotopic (exact) mass is 338 g/mol. The van der Waals surface area contributed by atoms with E-state index in [1.165, 1.54) is 0 Å². The molecule has 4 heteroatoms. The Morgan fingerprint density at radius 1 is 0.720 bits per heavy atom. The van der Waals surface area contributed by atoms with Crippen LogP contribution < -0.4 is 0 Å². The van der Waals surface area contributed by atoms with E-state index >= 15 is 0 Å². The molecule has 0 N–H and O–H groups in total. The molecule has 1 aliphatic carbocycles. The van der Waals surface area contributed by atoms with Crippen LogP contribution in [-0.2, 0) is 32.3 Å². The van der Waals surface area contributed by atoms with Crippen LogP contribution in [0.25, 0.3) is 0 Å². The highest BCUT2D eigenvalue weighted by molar-refractivity contribution is 5.77. The minimum atomic E-state index is -0.220. The number of carbonyl (C=O) groups is 2. The molecule has 1 saturated carbocycles. The van der Waals surface area contributed by atoms with Crippen molar-refractivity contribution in [3.63, 3.8) is 0 Å². The zero-order chi connectivity index (χ0) is 17.5. The summed E-state index contributed by atoms with van der Waals surface area (Å²) in [5.74, 6) is -0.861. The maximum Gasteiger partial charge on any atom is 0.309 e. The summed E-state index contributed by atoms with van der Waals surface area (Å²) in [5.41, 5.74) is 1.93. The first-order valence-corrected chi connectivity index (χ1v) is 8.63. The molecule has 0 amide bonds. The van der Waals surface area contributed by atoms with Crippen molar-refractivity contribution in [1.82, 2.24) is 0 Å². The molecule has 130 valence electrons. The Hall–Kier alpha value is -2.62. The molecule has 0 aromatic heterocycles. The van der Waals surface area contributed by atoms with Gasteiger partial charge in [0.1, 0.15) is 13.2 Å². The van der Waals surface area contributed by atoms with E-state index in [1.807, 2.05) is 60.7 Å². The van der Waals surface area contributed by atoms with Crippen LogP contribution in [0.2, 0.25) is 0 Å². The van der Waals surface area contributed by atoms with Crippen LogP contribution in [0.15, 0.2) is 60.7 Å². The van der Waals surface area contributed by atoms with Crippen molar-refractivity contribution in [2.24, 2.45) is 11.8 Å². The maximum absolute atomic E-state index is 12.2. The first-order chi connectivity index (χ1) is 12.2. The quantitative estimate of drug-likeness (QED) is 0.750. The first kappa shape index (κ1) is 17.2. The molecular formula is C21H22O4. The molecule has 2 atom stereocenters. The second kappa shape index (κ2) is 8.47. The number of esters is 2. The zero-order valence-electron chi connectivity index (χ0n) is 14.1. The standard InChI is InChI=1S/C21H22O4/c22-20(24-14-16-7-3-1-4-8-16)18-11-12-19(13-18)21(23)25-15-17-9-5-2-6-10-17/h1-10,18-19H,11-15H2. The number of ether oxygens (including phenoxy) is 2. The zero-order valence-corrected chi connectivity index (χ0v) is 14.1. The largest absolute Gasteiger partial charge is 0.461 e. The van der Waals surface area contributed by atoms with Gasteiger partial charge in [-0.25, -0.2) is 0 Å². The van der Waals surface area contributed by atoms with E-state index < -0.39 is 0 Å². The van der Waals surface area contributed by atoms with Crippen LogP contribution in [0.1, 0.15) is 30.4 Å². The fourth-order valence-electron chi connectivity index (χ4n) is 3.10. The lowest BCUT2D eigenvalue weighted by Crippen LogP contribution is -2.18. The van der Waals surface area contributed by atoms with Crippen molar-refractivity contribution >= 4 is 11.9 Å². The molecule has 0 radical (unpaired) electrons. The lowest BCUT2D eigenvalue weighted by molar-refractivity contribution is -0.151. The van der Waals surface area contributed by atoms with Crippen LogP contribution in [-0.4, -0.2) is 11.9 Å². The number of hydrogen-bond donors (Lipinski definition) is 0. The highest BCUT2D eigenvalue weighted by atomic mass is 16.5. The molecule has 2 aromatic carbocycles. The third-order valence-electron chi connectivity index (χ3n) is 4.55. The summed E-state index contributed by atoms with van der Waals surface area (Å²) in [6.07, 6.45) is 1.87. The van der Waals surface area contributed by atoms with Crippen molar-refractivity contribution in [2.75, 3.05) is 0 Å². The second-order valence-electron chi connectivity index (χ2n) is 6.39. The van der Waals surface area contributed by atoms with Gasteiger partial charge in [-0.1, -0.05) is 60.7 Å². The number of carbonyl (C=O) groups excluding carboxylic acids is 2. The van der Waals surface area contributed by atoms with Gasteiger partial charge in [-0.05, 0) is 30.4 Å². The molecule has 2 unspecified atom stereocenters. The van der Waals surface area contributed by atoms with Gasteiger partial charge in [0, 0.05) is 0 Å². The first-order valence-electron chi connectivity index (χ1n) is 8.63. The van der Waals surface area contributed by atoms with Gasteiger partial charge >= 0.3 is 11.9 Å². The van der Waals surface area contributed by atoms with Crippen LogP contribution in [0.3, 0.4) is 0 Å². The van der Waals surface area contributed by atoms with Crippen molar-refractivity contribution in [3.8, 4) is 0 Å². The summed E-state index contributed by atoms with van der Waals surface area (Å²) in [5, 5.41) is 0. The highest BCUT2D eigenvalue weighted by Crippen LogP contribution is 2.33. The molecule has 25 heavy (non-hydrogen) atoms. The molecule has 0 saturated heterocycles. The molecule has 0 heterocycles. The predicted octanol–water partition coefficient (Wildman–Crippen LogP) is 3.89. The summed E-state index contributed by atoms with van der Waals surface area (Å²) in [6.45, 7) is 0.554. The summed E-state index contributed by atoms with van der Waals surface area (Å²) in [6, 6.07) is 19.2. The Morgan fingerprint density at radius 3 is 1.52 bits per heavy atom. The highest BCUT2D eigenvalue weighted by Gasteiger charge is 2.35. The van der Waals surface area contributed by atoms with Gasteiger partial charge < -0.3 is 9.47 Å². The Balaban J connectivity index is 1.43. The lowest BCUT2D eigenvalue weighted by atomic mass is 10.1. The Bertz CT molecular complexity index is 635. The maximum atomic E-state index is 12.2. The van der Waals surface area contributed by atoms with Crippen LogP contribution in [0.5, 0.6) is 0 Å². The number of rotatable bonds is 6. The minimum absolute atomic E-state index is 0.210. The minimum Gasteiger partial charge on any atom is -0.461 e. The van der Waals surface area contributed by atoms with Crippen LogP contribution >= 0.6 is 0 Å². The van der Waals surface area contributed by atoms with E-state index in [1.54, 1.807) is 0 Å². The van der Waals surface area contributed by atoms with Gasteiger partial charge in [0.05, 0.1) is 11.8 Å². The molecular weight excluding hydrogens is 316 g/mol. The molecule has 3 rings (SSSR count). The van der Waals surface area contributed by atoms with E-state index in [4.69, 9.17) is 9.47 Å². The Morgan fingerprint density at radius 2 is 1.12 bits per heavy atom. The van der Waals surface area contributed by atoms with Gasteiger partial charge in [0.15, 0.2) is 0 Å². The SMILES string of the molecule is O=C(OCc1ccccc1)C1CCC(C(=O)OCc2ccccc2)C1. The number of benzene rings is 2. The molecule has 0 aliphatic heterocycles. The smallest absolute Gasteiger partial charge is 0.309 e. The number of hydrogen-bond acceptors (Lipinski definition) is 4. The van der Waals surface area contributed by atoms with Crippen molar-refractivity contribution in [2.45, 2.75) is 32.5 Å². The van der Waals surface area contributed by atoms with E-state index in [2.05, 4.69) is 0 Å². The van der Waals surface area contributed by atoms with Gasteiger partial charge in [-0.15, -0.1) is 0 Å². The molecule has 0 spiro atoms. The van der Waals surface area contributed by atoms with Gasteiger partial charge in [-0.3, -0.25) is 9.59 Å². The molecule has 4 nitrogen and oxygen atoms in total. The fraction of sp³-hybridized carbons (Fsp3) is 0.333. The molecule has 0 bridgehead atoms. The summed E-state index contributed by atoms with van der Waals surface area (Å²) in [7, 11) is 0. The second-order valence-corrected chi connectivity index (χ2v) is 6.39. The van der Waals surface area contributed by atoms with E-state index in [0.29, 0.717) is 19.3 Å². The van der Waals surface area contributed by atoms with Crippen molar-refractivity contribution in [3.05, 3.63) is 71.8 Å². The summed E-state index contributed by atoms with van der Waals surface area (Å²) < 4.78 is 10.8. The van der Waals surface area contributed by atoms with Gasteiger partial charge in [0.25, 0.3) is 0 Å². The topological polar surface area (TPSA) is 52.6 Å². The molecule has 1 fully saturated rings. The van der Waals surface area contributed by atoms with E-state index in [-0.39, 0.29) is 37.0 Å².